The first-order chi connectivity index (χ1) is 7.81. The molecule has 92 valence electrons. The van der Waals surface area contributed by atoms with Crippen LogP contribution in [0.4, 0.5) is 0 Å². The Kier molecular flexibility index (Phi) is 2.60. The second-order valence-electron chi connectivity index (χ2n) is 5.12. The first-order valence-corrected chi connectivity index (χ1v) is 5.59. The lowest BCUT2D eigenvalue weighted by atomic mass is 9.62. The van der Waals surface area contributed by atoms with Crippen LogP contribution in [0.25, 0.3) is 0 Å². The van der Waals surface area contributed by atoms with Gasteiger partial charge in [-0.1, -0.05) is 0 Å². The standard InChI is InChI=1S/C13H16O4/c1-8-7-10-11(15)12(3,4)13(8,17-16-10)6-5-9(2)14/h5-7,10H,1-4H3/b6-5+. The summed E-state index contributed by atoms with van der Waals surface area (Å²) in [4.78, 5) is 33.6. The highest BCUT2D eigenvalue weighted by atomic mass is 17.2. The zero-order valence-corrected chi connectivity index (χ0v) is 10.4. The van der Waals surface area contributed by atoms with Crippen LogP contribution in [0.2, 0.25) is 0 Å². The summed E-state index contributed by atoms with van der Waals surface area (Å²) in [5, 5.41) is 0. The van der Waals surface area contributed by atoms with Gasteiger partial charge in [-0.3, -0.25) is 9.59 Å². The van der Waals surface area contributed by atoms with Crippen LogP contribution in [0.5, 0.6) is 0 Å². The second kappa shape index (κ2) is 3.62. The van der Waals surface area contributed by atoms with Gasteiger partial charge in [-0.15, -0.1) is 0 Å². The zero-order valence-electron chi connectivity index (χ0n) is 10.4. The molecule has 1 fully saturated rings. The van der Waals surface area contributed by atoms with Gasteiger partial charge in [-0.05, 0) is 51.5 Å². The van der Waals surface area contributed by atoms with Crippen molar-refractivity contribution < 1.29 is 19.4 Å². The Bertz CT molecular complexity index is 444. The highest BCUT2D eigenvalue weighted by molar-refractivity contribution is 5.95. The molecule has 3 rings (SSSR count). The maximum Gasteiger partial charge on any atom is 0.178 e. The van der Waals surface area contributed by atoms with E-state index in [9.17, 15) is 9.59 Å². The van der Waals surface area contributed by atoms with E-state index < -0.39 is 17.1 Å². The minimum atomic E-state index is -0.968. The molecule has 2 atom stereocenters. The Balaban J connectivity index is 2.54. The van der Waals surface area contributed by atoms with Crippen molar-refractivity contribution in [3.8, 4) is 0 Å². The number of carbonyl (C=O) groups is 2. The van der Waals surface area contributed by atoms with E-state index in [1.165, 1.54) is 13.0 Å². The fraction of sp³-hybridized carbons (Fsp3) is 0.538. The van der Waals surface area contributed by atoms with Gasteiger partial charge in [0, 0.05) is 0 Å². The van der Waals surface area contributed by atoms with Crippen LogP contribution in [-0.4, -0.2) is 23.3 Å². The molecule has 0 saturated carbocycles. The number of fused-ring (bicyclic) bond motifs is 2. The molecule has 2 unspecified atom stereocenters. The van der Waals surface area contributed by atoms with Crippen LogP contribution in [0.15, 0.2) is 23.8 Å². The first-order valence-electron chi connectivity index (χ1n) is 5.59. The van der Waals surface area contributed by atoms with Crippen molar-refractivity contribution in [2.24, 2.45) is 5.41 Å². The quantitative estimate of drug-likeness (QED) is 0.416. The molecule has 4 nitrogen and oxygen atoms in total. The number of hydrogen-bond donors (Lipinski definition) is 0. The van der Waals surface area contributed by atoms with Crippen molar-refractivity contribution in [2.75, 3.05) is 0 Å². The fourth-order valence-corrected chi connectivity index (χ4v) is 2.43. The Morgan fingerprint density at radius 1 is 1.47 bits per heavy atom. The molecule has 0 N–H and O–H groups in total. The van der Waals surface area contributed by atoms with Crippen LogP contribution in [0.3, 0.4) is 0 Å². The topological polar surface area (TPSA) is 52.6 Å². The third-order valence-electron chi connectivity index (χ3n) is 3.63. The Morgan fingerprint density at radius 3 is 2.65 bits per heavy atom. The van der Waals surface area contributed by atoms with E-state index in [-0.39, 0.29) is 11.6 Å². The lowest BCUT2D eigenvalue weighted by Crippen LogP contribution is -2.62. The molecule has 2 aliphatic heterocycles. The molecular formula is C13H16O4. The first kappa shape index (κ1) is 12.2. The van der Waals surface area contributed by atoms with Crippen molar-refractivity contribution in [1.82, 2.24) is 0 Å². The molecule has 0 spiro atoms. The summed E-state index contributed by atoms with van der Waals surface area (Å²) < 4.78 is 0. The van der Waals surface area contributed by atoms with Gasteiger partial charge in [0.2, 0.25) is 0 Å². The molecule has 0 aromatic heterocycles. The minimum absolute atomic E-state index is 0.0254. The summed E-state index contributed by atoms with van der Waals surface area (Å²) in [6.45, 7) is 6.96. The number of allylic oxidation sites excluding steroid dienone is 1. The van der Waals surface area contributed by atoms with Crippen molar-refractivity contribution in [3.63, 3.8) is 0 Å². The van der Waals surface area contributed by atoms with Gasteiger partial charge in [-0.25, -0.2) is 9.78 Å². The van der Waals surface area contributed by atoms with E-state index in [2.05, 4.69) is 0 Å². The second-order valence-corrected chi connectivity index (χ2v) is 5.12. The largest absolute Gasteiger partial charge is 0.295 e. The predicted octanol–water partition coefficient (Wildman–Crippen LogP) is 1.76. The average Bonchev–Trinajstić information content (AvgIpc) is 2.24. The monoisotopic (exact) mass is 236 g/mol. The Morgan fingerprint density at radius 2 is 2.12 bits per heavy atom. The molecule has 3 aliphatic rings. The molecule has 2 heterocycles. The van der Waals surface area contributed by atoms with Gasteiger partial charge in [0.25, 0.3) is 0 Å². The summed E-state index contributed by atoms with van der Waals surface area (Å²) >= 11 is 0. The number of rotatable bonds is 2. The summed E-state index contributed by atoms with van der Waals surface area (Å²) in [5.74, 6) is -0.116. The SMILES string of the molecule is CC(=O)/C=C/C12OOC(C=C1C)C(=O)C2(C)C. The number of carbonyl (C=O) groups excluding carboxylic acids is 2. The van der Waals surface area contributed by atoms with E-state index in [0.717, 1.165) is 5.57 Å². The van der Waals surface area contributed by atoms with Crippen molar-refractivity contribution in [1.29, 1.82) is 0 Å². The fourth-order valence-electron chi connectivity index (χ4n) is 2.43. The van der Waals surface area contributed by atoms with E-state index in [1.54, 1.807) is 12.2 Å². The van der Waals surface area contributed by atoms with Crippen LogP contribution in [0.1, 0.15) is 27.7 Å². The van der Waals surface area contributed by atoms with Gasteiger partial charge in [0.1, 0.15) is 0 Å². The summed E-state index contributed by atoms with van der Waals surface area (Å²) in [6.07, 6.45) is 4.16. The van der Waals surface area contributed by atoms with Crippen molar-refractivity contribution in [3.05, 3.63) is 23.8 Å². The lowest BCUT2D eigenvalue weighted by Gasteiger charge is -2.51. The van der Waals surface area contributed by atoms with Gasteiger partial charge in [0.05, 0.1) is 5.41 Å². The molecule has 0 radical (unpaired) electrons. The molecule has 4 heteroatoms. The highest BCUT2D eigenvalue weighted by Crippen LogP contribution is 2.50. The Hall–Kier alpha value is -1.26. The molecule has 2 bridgehead atoms. The highest BCUT2D eigenvalue weighted by Gasteiger charge is 2.60. The molecule has 0 aromatic rings. The molecule has 17 heavy (non-hydrogen) atoms. The van der Waals surface area contributed by atoms with E-state index >= 15 is 0 Å². The van der Waals surface area contributed by atoms with Gasteiger partial charge >= 0.3 is 0 Å². The predicted molar refractivity (Wildman–Crippen MR) is 61.1 cm³/mol. The third kappa shape index (κ3) is 1.51. The molecular weight excluding hydrogens is 220 g/mol. The smallest absolute Gasteiger partial charge is 0.178 e. The van der Waals surface area contributed by atoms with E-state index in [0.29, 0.717) is 0 Å². The average molecular weight is 236 g/mol. The zero-order chi connectivity index (χ0) is 12.8. The summed E-state index contributed by atoms with van der Waals surface area (Å²) in [5.41, 5.74) is -0.804. The van der Waals surface area contributed by atoms with E-state index in [4.69, 9.17) is 9.78 Å². The van der Waals surface area contributed by atoms with Crippen molar-refractivity contribution >= 4 is 11.6 Å². The van der Waals surface area contributed by atoms with Crippen LogP contribution >= 0.6 is 0 Å². The van der Waals surface area contributed by atoms with Gasteiger partial charge < -0.3 is 0 Å². The van der Waals surface area contributed by atoms with E-state index in [1.807, 2.05) is 20.8 Å². The lowest BCUT2D eigenvalue weighted by molar-refractivity contribution is -0.391. The van der Waals surface area contributed by atoms with Gasteiger partial charge in [0.15, 0.2) is 23.3 Å². The maximum atomic E-state index is 12.1. The normalized spacial score (nSPS) is 35.2. The molecule has 1 saturated heterocycles. The van der Waals surface area contributed by atoms with Crippen molar-refractivity contribution in [2.45, 2.75) is 39.4 Å². The third-order valence-corrected chi connectivity index (χ3v) is 3.63. The molecule has 0 amide bonds. The van der Waals surface area contributed by atoms with Crippen LogP contribution in [-0.2, 0) is 19.4 Å². The maximum absolute atomic E-state index is 12.1. The number of hydrogen-bond acceptors (Lipinski definition) is 4. The summed E-state index contributed by atoms with van der Waals surface area (Å²) in [7, 11) is 0. The number of ketones is 2. The van der Waals surface area contributed by atoms with Crippen LogP contribution in [0, 0.1) is 5.41 Å². The van der Waals surface area contributed by atoms with Gasteiger partial charge in [-0.2, -0.15) is 0 Å². The molecule has 1 aliphatic carbocycles. The van der Waals surface area contributed by atoms with Crippen LogP contribution < -0.4 is 0 Å². The summed E-state index contributed by atoms with van der Waals surface area (Å²) in [6, 6.07) is 0. The number of Topliss-reactive ketones (excluding diaryl/α,β-unsaturated/α-hetero) is 1. The minimum Gasteiger partial charge on any atom is -0.295 e. The molecule has 0 aromatic carbocycles. The Labute approximate surface area is 100 Å².